The lowest BCUT2D eigenvalue weighted by molar-refractivity contribution is 1.10. The van der Waals surface area contributed by atoms with Gasteiger partial charge >= 0.3 is 0 Å². The molecule has 104 valence electrons. The predicted molar refractivity (Wildman–Crippen MR) is 95.0 cm³/mol. The highest BCUT2D eigenvalue weighted by Gasteiger charge is 2.13. The van der Waals surface area contributed by atoms with Gasteiger partial charge < -0.3 is 0 Å². The highest BCUT2D eigenvalue weighted by molar-refractivity contribution is 7.99. The van der Waals surface area contributed by atoms with Gasteiger partial charge in [-0.25, -0.2) is 0 Å². The van der Waals surface area contributed by atoms with Crippen molar-refractivity contribution in [2.45, 2.75) is 15.4 Å². The Morgan fingerprint density at radius 3 is 1.95 bits per heavy atom. The molecule has 0 saturated heterocycles. The fourth-order valence-corrected chi connectivity index (χ4v) is 3.93. The first kappa shape index (κ1) is 14.4. The van der Waals surface area contributed by atoms with E-state index >= 15 is 0 Å². The van der Waals surface area contributed by atoms with Crippen LogP contribution >= 0.6 is 21.0 Å². The summed E-state index contributed by atoms with van der Waals surface area (Å²) in [6, 6.07) is 29.8. The normalized spacial score (nSPS) is 12.0. The molecule has 0 fully saturated rings. The molecular formula is C19H17PS. The van der Waals surface area contributed by atoms with E-state index in [1.165, 1.54) is 20.9 Å². The van der Waals surface area contributed by atoms with Crippen molar-refractivity contribution >= 4 is 21.0 Å². The minimum absolute atomic E-state index is 0.318. The summed E-state index contributed by atoms with van der Waals surface area (Å²) < 4.78 is 0. The second-order valence-corrected chi connectivity index (χ2v) is 6.62. The summed E-state index contributed by atoms with van der Waals surface area (Å²) in [6.45, 7) is 0. The van der Waals surface area contributed by atoms with E-state index in [9.17, 15) is 0 Å². The third kappa shape index (κ3) is 3.56. The Bertz CT molecular complexity index is 695. The summed E-state index contributed by atoms with van der Waals surface area (Å²) in [6.07, 6.45) is 0. The van der Waals surface area contributed by atoms with Gasteiger partial charge in [0, 0.05) is 15.4 Å². The van der Waals surface area contributed by atoms with Crippen molar-refractivity contribution < 1.29 is 0 Å². The van der Waals surface area contributed by atoms with Crippen molar-refractivity contribution in [1.82, 2.24) is 0 Å². The van der Waals surface area contributed by atoms with Crippen LogP contribution in [0.25, 0.3) is 0 Å². The molecule has 2 heteroatoms. The summed E-state index contributed by atoms with van der Waals surface area (Å²) in [5.41, 5.74) is 2.99. The van der Waals surface area contributed by atoms with Crippen molar-refractivity contribution in [3.05, 3.63) is 96.1 Å². The molecule has 3 aromatic carbocycles. The molecule has 0 heterocycles. The molecule has 0 aliphatic carbocycles. The van der Waals surface area contributed by atoms with Gasteiger partial charge in [-0.15, -0.1) is 9.24 Å². The molecule has 0 N–H and O–H groups in total. The molecule has 0 aliphatic heterocycles. The minimum Gasteiger partial charge on any atom is -0.125 e. The number of hydrogen-bond acceptors (Lipinski definition) is 1. The highest BCUT2D eigenvalue weighted by atomic mass is 32.2. The van der Waals surface area contributed by atoms with Crippen LogP contribution in [0.4, 0.5) is 0 Å². The van der Waals surface area contributed by atoms with Crippen LogP contribution in [0.5, 0.6) is 0 Å². The Morgan fingerprint density at radius 2 is 1.24 bits per heavy atom. The topological polar surface area (TPSA) is 0 Å². The molecule has 0 aromatic heterocycles. The lowest BCUT2D eigenvalue weighted by atomic mass is 10.0. The van der Waals surface area contributed by atoms with Crippen LogP contribution in [0.15, 0.2) is 94.7 Å². The molecule has 0 bridgehead atoms. The number of hydrogen-bond donors (Lipinski definition) is 0. The Labute approximate surface area is 132 Å². The van der Waals surface area contributed by atoms with Gasteiger partial charge in [-0.3, -0.25) is 0 Å². The summed E-state index contributed by atoms with van der Waals surface area (Å²) in [5.74, 6) is 0. The molecule has 0 aliphatic rings. The predicted octanol–water partition coefficient (Wildman–Crippen LogP) is 5.80. The standard InChI is InChI=1S/C19H17PS/c20-19(15-9-3-1-4-10-15)17-13-7-8-14-18(17)21-16-11-5-2-6-12-16/h1-14,19H,20H2. The molecule has 0 nitrogen and oxygen atoms in total. The largest absolute Gasteiger partial charge is 0.125 e. The second-order valence-electron chi connectivity index (χ2n) is 4.84. The Kier molecular flexibility index (Phi) is 4.75. The zero-order valence-corrected chi connectivity index (χ0v) is 13.6. The molecule has 2 atom stereocenters. The maximum atomic E-state index is 2.97. The summed E-state index contributed by atoms with van der Waals surface area (Å²) >= 11 is 1.82. The Hall–Kier alpha value is -1.56. The SMILES string of the molecule is PC(c1ccccc1)c1ccccc1Sc1ccccc1. The van der Waals surface area contributed by atoms with E-state index in [0.717, 1.165) is 0 Å². The van der Waals surface area contributed by atoms with Gasteiger partial charge in [0.05, 0.1) is 0 Å². The maximum absolute atomic E-state index is 2.97. The average molecular weight is 308 g/mol. The maximum Gasteiger partial charge on any atom is 0.0245 e. The lowest BCUT2D eigenvalue weighted by Crippen LogP contribution is -1.94. The Balaban J connectivity index is 1.93. The monoisotopic (exact) mass is 308 g/mol. The molecule has 3 rings (SSSR count). The van der Waals surface area contributed by atoms with E-state index in [-0.39, 0.29) is 0 Å². The van der Waals surface area contributed by atoms with Gasteiger partial charge in [-0.2, -0.15) is 0 Å². The van der Waals surface area contributed by atoms with Gasteiger partial charge in [0.2, 0.25) is 0 Å². The summed E-state index contributed by atoms with van der Waals surface area (Å²) in [5, 5.41) is 0. The van der Waals surface area contributed by atoms with Crippen molar-refractivity contribution in [3.8, 4) is 0 Å². The first-order chi connectivity index (χ1) is 10.3. The fourth-order valence-electron chi connectivity index (χ4n) is 2.29. The Morgan fingerprint density at radius 1 is 0.667 bits per heavy atom. The van der Waals surface area contributed by atoms with E-state index in [2.05, 4.69) is 94.2 Å². The van der Waals surface area contributed by atoms with Crippen LogP contribution < -0.4 is 0 Å². The van der Waals surface area contributed by atoms with E-state index in [0.29, 0.717) is 5.66 Å². The van der Waals surface area contributed by atoms with E-state index in [1.807, 2.05) is 11.8 Å². The zero-order chi connectivity index (χ0) is 14.5. The van der Waals surface area contributed by atoms with Crippen molar-refractivity contribution in [2.75, 3.05) is 0 Å². The van der Waals surface area contributed by atoms with E-state index in [1.54, 1.807) is 0 Å². The number of benzene rings is 3. The van der Waals surface area contributed by atoms with Crippen LogP contribution in [0.3, 0.4) is 0 Å². The average Bonchev–Trinajstić information content (AvgIpc) is 2.56. The molecule has 0 amide bonds. The van der Waals surface area contributed by atoms with Crippen LogP contribution in [0.1, 0.15) is 16.8 Å². The van der Waals surface area contributed by atoms with E-state index < -0.39 is 0 Å². The first-order valence-electron chi connectivity index (χ1n) is 6.97. The van der Waals surface area contributed by atoms with Crippen LogP contribution in [0, 0.1) is 0 Å². The zero-order valence-electron chi connectivity index (χ0n) is 11.6. The first-order valence-corrected chi connectivity index (χ1v) is 8.45. The summed E-state index contributed by atoms with van der Waals surface area (Å²) in [4.78, 5) is 2.59. The van der Waals surface area contributed by atoms with Crippen molar-refractivity contribution in [1.29, 1.82) is 0 Å². The lowest BCUT2D eigenvalue weighted by Gasteiger charge is -2.16. The smallest absolute Gasteiger partial charge is 0.0245 e. The molecule has 3 aromatic rings. The third-order valence-corrected chi connectivity index (χ3v) is 5.23. The molecular weight excluding hydrogens is 291 g/mol. The van der Waals surface area contributed by atoms with Gasteiger partial charge in [-0.1, -0.05) is 78.5 Å². The third-order valence-electron chi connectivity index (χ3n) is 3.38. The van der Waals surface area contributed by atoms with Crippen molar-refractivity contribution in [2.24, 2.45) is 0 Å². The second kappa shape index (κ2) is 6.93. The molecule has 0 radical (unpaired) electrons. The van der Waals surface area contributed by atoms with Crippen LogP contribution in [-0.2, 0) is 0 Å². The van der Waals surface area contributed by atoms with Gasteiger partial charge in [0.1, 0.15) is 0 Å². The van der Waals surface area contributed by atoms with Gasteiger partial charge in [-0.05, 0) is 29.3 Å². The van der Waals surface area contributed by atoms with Crippen LogP contribution in [-0.4, -0.2) is 0 Å². The van der Waals surface area contributed by atoms with E-state index in [4.69, 9.17) is 0 Å². The summed E-state index contributed by atoms with van der Waals surface area (Å²) in [7, 11) is 2.97. The minimum atomic E-state index is 0.318. The molecule has 0 spiro atoms. The molecule has 2 unspecified atom stereocenters. The highest BCUT2D eigenvalue weighted by Crippen LogP contribution is 2.39. The number of rotatable bonds is 4. The van der Waals surface area contributed by atoms with Gasteiger partial charge in [0.15, 0.2) is 0 Å². The quantitative estimate of drug-likeness (QED) is 0.549. The molecule has 0 saturated carbocycles. The van der Waals surface area contributed by atoms with Crippen LogP contribution in [0.2, 0.25) is 0 Å². The molecule has 21 heavy (non-hydrogen) atoms. The van der Waals surface area contributed by atoms with Crippen molar-refractivity contribution in [3.63, 3.8) is 0 Å². The van der Waals surface area contributed by atoms with Gasteiger partial charge in [0.25, 0.3) is 0 Å². The fraction of sp³-hybridized carbons (Fsp3) is 0.0526.